The number of hydrogen-bond acceptors (Lipinski definition) is 17. The number of ether oxygens (including phenoxy) is 3. The predicted molar refractivity (Wildman–Crippen MR) is 339 cm³/mol. The Hall–Kier alpha value is -5.30. The Balaban J connectivity index is 0.729. The van der Waals surface area contributed by atoms with Crippen LogP contribution < -0.4 is 15.4 Å². The molecule has 6 aliphatic rings. The minimum atomic E-state index is -1.09. The first-order chi connectivity index (χ1) is 42.1. The number of hydrogen-bond donors (Lipinski definition) is 7. The Morgan fingerprint density at radius 3 is 2.28 bits per heavy atom. The average Bonchev–Trinajstić information content (AvgIpc) is 1.73. The molecule has 21 nitrogen and oxygen atoms in total. The maximum atomic E-state index is 13.9. The van der Waals surface area contributed by atoms with Gasteiger partial charge in [0.25, 0.3) is 0 Å². The fourth-order valence-corrected chi connectivity index (χ4v) is 18.0. The zero-order chi connectivity index (χ0) is 64.7. The number of benzene rings is 1. The molecule has 0 spiro atoms. The highest BCUT2D eigenvalue weighted by Crippen LogP contribution is 2.68. The van der Waals surface area contributed by atoms with E-state index in [-0.39, 0.29) is 136 Å². The number of thiazole rings is 1. The number of aliphatic carboxylic acids is 2. The molecule has 2 heterocycles. The van der Waals surface area contributed by atoms with E-state index < -0.39 is 41.6 Å². The highest BCUT2D eigenvalue weighted by molar-refractivity contribution is 8.15. The second kappa shape index (κ2) is 30.0. The molecule has 4 saturated carbocycles. The SMILES string of the molecule is CC1=C(C)C(O)C(C)=C(C(C)(C)CC(=O)N(C)CCN(CCOCCOCCC(=O)NCCCCC(NC(=O)CCC(C)C2CCC3C4C(O)CC5CC(O)CCC5(C)C4CCC23C)C(=O)O)C(=O)Oc2ccc3nc(C4=NC(C(=O)O)CS4)sc3c2)C1=O. The van der Waals surface area contributed by atoms with Gasteiger partial charge in [-0.1, -0.05) is 34.6 Å². The van der Waals surface area contributed by atoms with Gasteiger partial charge in [0.15, 0.2) is 11.8 Å². The lowest BCUT2D eigenvalue weighted by atomic mass is 9.43. The number of carboxylic acid groups (broad SMARTS) is 2. The fourth-order valence-electron chi connectivity index (χ4n) is 15.9. The molecule has 492 valence electrons. The molecule has 13 unspecified atom stereocenters. The van der Waals surface area contributed by atoms with Crippen molar-refractivity contribution in [3.05, 3.63) is 45.5 Å². The summed E-state index contributed by atoms with van der Waals surface area (Å²) in [7, 11) is 1.62. The number of likely N-dealkylation sites (N-methyl/N-ethyl adjacent to an activating group) is 1. The number of nitrogens with zero attached hydrogens (tertiary/aromatic N) is 4. The van der Waals surface area contributed by atoms with Crippen molar-refractivity contribution >= 4 is 79.9 Å². The van der Waals surface area contributed by atoms with Crippen molar-refractivity contribution in [1.82, 2.24) is 25.4 Å². The van der Waals surface area contributed by atoms with Crippen molar-refractivity contribution in [2.75, 3.05) is 65.4 Å². The molecular weight excluding hydrogens is 1180 g/mol. The van der Waals surface area contributed by atoms with Gasteiger partial charge in [-0.25, -0.2) is 19.4 Å². The van der Waals surface area contributed by atoms with Crippen LogP contribution in [0.15, 0.2) is 45.5 Å². The van der Waals surface area contributed by atoms with Gasteiger partial charge in [0.2, 0.25) is 17.7 Å². The van der Waals surface area contributed by atoms with Gasteiger partial charge < -0.3 is 60.2 Å². The Bertz CT molecular complexity index is 3040. The lowest BCUT2D eigenvalue weighted by Crippen LogP contribution is -2.58. The number of thioether (sulfide) groups is 1. The molecule has 13 atom stereocenters. The number of aliphatic hydroxyl groups is 3. The third-order valence-electron chi connectivity index (χ3n) is 21.2. The Kier molecular flexibility index (Phi) is 23.4. The van der Waals surface area contributed by atoms with E-state index in [0.29, 0.717) is 97.8 Å². The van der Waals surface area contributed by atoms with E-state index in [4.69, 9.17) is 14.2 Å². The minimum absolute atomic E-state index is 0.0295. The smallest absolute Gasteiger partial charge is 0.415 e. The third kappa shape index (κ3) is 16.3. The van der Waals surface area contributed by atoms with E-state index >= 15 is 0 Å². The summed E-state index contributed by atoms with van der Waals surface area (Å²) in [6.07, 6.45) is 7.76. The summed E-state index contributed by atoms with van der Waals surface area (Å²) < 4.78 is 18.1. The Labute approximate surface area is 531 Å². The molecule has 1 aromatic heterocycles. The van der Waals surface area contributed by atoms with Crippen LogP contribution in [0.25, 0.3) is 10.2 Å². The summed E-state index contributed by atoms with van der Waals surface area (Å²) in [6, 6.07) is 3.10. The van der Waals surface area contributed by atoms with E-state index in [1.54, 1.807) is 59.9 Å². The zero-order valence-electron chi connectivity index (χ0n) is 53.5. The van der Waals surface area contributed by atoms with Gasteiger partial charge in [-0.2, -0.15) is 0 Å². The quantitative estimate of drug-likeness (QED) is 0.0377. The van der Waals surface area contributed by atoms with Crippen LogP contribution in [0.2, 0.25) is 0 Å². The number of carbonyl (C=O) groups excluding carboxylic acids is 5. The maximum Gasteiger partial charge on any atom is 0.415 e. The molecule has 7 N–H and O–H groups in total. The standard InChI is InChI=1S/C66H96N6O15S2/c1-37(44-15-16-45-55-46(20-23-66(44,45)8)65(7)22-19-42(73)32-41(65)33-50(55)74)13-18-53(76)68-48(61(80)81)12-10-11-24-67-52(75)21-28-85-30-31-86-29-27-72(26-25-71(9)54(77)35-64(5,6)56-40(4)57(78)38(2)39(3)58(56)79)63(84)87-43-14-17-47-51(34-43)89-60(69-47)59-70-49(36-88-59)62(82)83/h14,17,34,37,41-42,44-46,48-50,55,57,73-74,78H,10-13,15-16,18-33,35-36H2,1-9H3,(H,67,75)(H,68,76)(H,80,81)(H,82,83). The number of rotatable bonds is 29. The number of carbonyl (C=O) groups is 7. The largest absolute Gasteiger partial charge is 0.480 e. The van der Waals surface area contributed by atoms with Gasteiger partial charge in [-0.15, -0.1) is 23.1 Å². The molecule has 0 bridgehead atoms. The lowest BCUT2D eigenvalue weighted by molar-refractivity contribution is -0.174. The van der Waals surface area contributed by atoms with E-state index in [0.717, 1.165) is 51.4 Å². The molecule has 5 aliphatic carbocycles. The molecule has 4 amide bonds. The number of fused-ring (bicyclic) bond motifs is 6. The van der Waals surface area contributed by atoms with Gasteiger partial charge in [0, 0.05) is 75.3 Å². The summed E-state index contributed by atoms with van der Waals surface area (Å²) in [4.78, 5) is 102. The summed E-state index contributed by atoms with van der Waals surface area (Å²) >= 11 is 2.62. The second-order valence-corrected chi connectivity index (χ2v) is 29.4. The number of carboxylic acids is 2. The van der Waals surface area contributed by atoms with Crippen LogP contribution in [-0.2, 0) is 38.2 Å². The first-order valence-corrected chi connectivity index (χ1v) is 33.9. The molecular formula is C66H96N6O15S2. The summed E-state index contributed by atoms with van der Waals surface area (Å²) in [5.74, 6) is -0.282. The first kappa shape index (κ1) is 69.6. The molecule has 1 aliphatic heterocycles. The topological polar surface area (TPSA) is 304 Å². The van der Waals surface area contributed by atoms with Crippen molar-refractivity contribution in [3.8, 4) is 5.75 Å². The lowest BCUT2D eigenvalue weighted by Gasteiger charge is -2.62. The predicted octanol–water partition coefficient (Wildman–Crippen LogP) is 8.20. The number of ketones is 1. The number of Topliss-reactive ketones (excluding diaryl/α,β-unsaturated/α-hetero) is 1. The van der Waals surface area contributed by atoms with Gasteiger partial charge in [-0.3, -0.25) is 24.2 Å². The zero-order valence-corrected chi connectivity index (χ0v) is 55.1. The molecule has 1 aromatic carbocycles. The van der Waals surface area contributed by atoms with Crippen LogP contribution in [0, 0.1) is 51.8 Å². The van der Waals surface area contributed by atoms with Crippen LogP contribution in [0.5, 0.6) is 5.75 Å². The van der Waals surface area contributed by atoms with Crippen molar-refractivity contribution in [2.24, 2.45) is 56.7 Å². The van der Waals surface area contributed by atoms with Crippen LogP contribution in [0.3, 0.4) is 0 Å². The Morgan fingerprint density at radius 2 is 1.56 bits per heavy atom. The van der Waals surface area contributed by atoms with Gasteiger partial charge in [0.05, 0.1) is 55.0 Å². The van der Waals surface area contributed by atoms with Crippen molar-refractivity contribution in [1.29, 1.82) is 0 Å². The highest BCUT2D eigenvalue weighted by atomic mass is 32.2. The first-order valence-electron chi connectivity index (χ1n) is 32.1. The third-order valence-corrected chi connectivity index (χ3v) is 23.4. The van der Waals surface area contributed by atoms with Crippen LogP contribution in [0.4, 0.5) is 4.79 Å². The van der Waals surface area contributed by atoms with Crippen molar-refractivity contribution < 1.29 is 73.3 Å². The highest BCUT2D eigenvalue weighted by Gasteiger charge is 2.63. The molecule has 2 aromatic rings. The van der Waals surface area contributed by atoms with Crippen LogP contribution in [0.1, 0.15) is 157 Å². The molecule has 8 rings (SSSR count). The van der Waals surface area contributed by atoms with E-state index in [1.807, 2.05) is 0 Å². The maximum absolute atomic E-state index is 13.9. The molecule has 4 fully saturated rings. The summed E-state index contributed by atoms with van der Waals surface area (Å²) in [6.45, 7) is 16.9. The molecule has 0 radical (unpaired) electrons. The Morgan fingerprint density at radius 1 is 0.843 bits per heavy atom. The van der Waals surface area contributed by atoms with Crippen molar-refractivity contribution in [2.45, 2.75) is 182 Å². The van der Waals surface area contributed by atoms with Gasteiger partial charge in [0.1, 0.15) is 21.8 Å². The number of aromatic nitrogens is 1. The number of aliphatic imine (C=N–C) groups is 1. The summed E-state index contributed by atoms with van der Waals surface area (Å²) in [5, 5.41) is 59.1. The van der Waals surface area contributed by atoms with E-state index in [9.17, 15) is 59.1 Å². The molecule has 89 heavy (non-hydrogen) atoms. The normalized spacial score (nSPS) is 28.3. The van der Waals surface area contributed by atoms with E-state index in [2.05, 4.69) is 41.4 Å². The number of unbranched alkanes of at least 4 members (excludes halogenated alkanes) is 1. The second-order valence-electron chi connectivity index (χ2n) is 27.3. The summed E-state index contributed by atoms with van der Waals surface area (Å²) in [5.41, 5.74) is 1.94. The molecule has 0 saturated heterocycles. The van der Waals surface area contributed by atoms with Crippen LogP contribution in [-0.4, -0.2) is 183 Å². The number of aliphatic hydroxyl groups excluding tert-OH is 3. The van der Waals surface area contributed by atoms with Crippen LogP contribution >= 0.6 is 23.1 Å². The number of amides is 4. The molecule has 23 heteroatoms. The monoisotopic (exact) mass is 1280 g/mol. The van der Waals surface area contributed by atoms with Crippen molar-refractivity contribution in [3.63, 3.8) is 0 Å². The fraction of sp³-hybridized carbons (Fsp3) is 0.712. The number of nitrogens with one attached hydrogen (secondary N) is 2. The van der Waals surface area contributed by atoms with Gasteiger partial charge in [-0.05, 0) is 173 Å². The van der Waals surface area contributed by atoms with E-state index in [1.165, 1.54) is 32.9 Å². The average molecular weight is 1280 g/mol. The number of allylic oxidation sites excluding steroid dienone is 2. The van der Waals surface area contributed by atoms with Gasteiger partial charge >= 0.3 is 18.0 Å². The minimum Gasteiger partial charge on any atom is -0.480 e.